The number of benzene rings is 1. The molecule has 3 heteroatoms. The van der Waals surface area contributed by atoms with Crippen molar-refractivity contribution in [1.82, 2.24) is 4.90 Å². The fourth-order valence-electron chi connectivity index (χ4n) is 1.92. The van der Waals surface area contributed by atoms with E-state index in [1.165, 1.54) is 5.56 Å². The molecule has 0 bridgehead atoms. The van der Waals surface area contributed by atoms with Gasteiger partial charge in [0.2, 0.25) is 0 Å². The molecule has 0 N–H and O–H groups in total. The van der Waals surface area contributed by atoms with Crippen LogP contribution >= 0.6 is 0 Å². The van der Waals surface area contributed by atoms with Crippen molar-refractivity contribution in [2.75, 3.05) is 6.54 Å². The minimum absolute atomic E-state index is 0.778. The zero-order valence-corrected chi connectivity index (χ0v) is 11.7. The third-order valence-corrected chi connectivity index (χ3v) is 4.33. The maximum Gasteiger partial charge on any atom is 0.0826 e. The van der Waals surface area contributed by atoms with Gasteiger partial charge in [0.25, 0.3) is 0 Å². The summed E-state index contributed by atoms with van der Waals surface area (Å²) in [4.78, 5) is 3.98. The first-order chi connectivity index (χ1) is 8.70. The normalized spacial score (nSPS) is 16.6. The second kappa shape index (κ2) is 6.01. The predicted octanol–water partition coefficient (Wildman–Crippen LogP) is 3.57. The van der Waals surface area contributed by atoms with Gasteiger partial charge in [-0.25, -0.2) is 4.21 Å². The molecule has 0 aromatic heterocycles. The smallest absolute Gasteiger partial charge is 0.0826 e. The maximum absolute atomic E-state index is 12.4. The van der Waals surface area contributed by atoms with E-state index in [4.69, 9.17) is 0 Å². The molecule has 2 rings (SSSR count). The van der Waals surface area contributed by atoms with Crippen LogP contribution in [0.15, 0.2) is 52.5 Å². The molecule has 96 valence electrons. The molecule has 1 atom stereocenters. The highest BCUT2D eigenvalue weighted by atomic mass is 32.2. The highest BCUT2D eigenvalue weighted by Crippen LogP contribution is 2.22. The first kappa shape index (κ1) is 13.1. The van der Waals surface area contributed by atoms with Crippen LogP contribution in [0.5, 0.6) is 0 Å². The van der Waals surface area contributed by atoms with Crippen molar-refractivity contribution in [2.45, 2.75) is 31.6 Å². The first-order valence-electron chi connectivity index (χ1n) is 6.32. The highest BCUT2D eigenvalue weighted by molar-refractivity contribution is 7.89. The van der Waals surface area contributed by atoms with Crippen LogP contribution in [0.1, 0.15) is 25.3 Å². The Morgan fingerprint density at radius 1 is 1.28 bits per heavy atom. The van der Waals surface area contributed by atoms with Crippen LogP contribution in [0.2, 0.25) is 0 Å². The standard InChI is InChI=1S/C15H19NOS/c1-3-10-16-11-4-5-15(12-16)18(17)14-8-6-13(2)7-9-14/h4,6-9,11-12H,3,5,10H2,1-2H3/t18-/m0/s1. The molecule has 0 aliphatic carbocycles. The van der Waals surface area contributed by atoms with Crippen molar-refractivity contribution < 1.29 is 4.21 Å². The summed E-state index contributed by atoms with van der Waals surface area (Å²) in [6, 6.07) is 7.93. The van der Waals surface area contributed by atoms with Gasteiger partial charge >= 0.3 is 0 Å². The summed E-state index contributed by atoms with van der Waals surface area (Å²) in [6.07, 6.45) is 8.04. The quantitative estimate of drug-likeness (QED) is 0.825. The van der Waals surface area contributed by atoms with Crippen molar-refractivity contribution in [3.63, 3.8) is 0 Å². The van der Waals surface area contributed by atoms with Crippen molar-refractivity contribution in [2.24, 2.45) is 0 Å². The van der Waals surface area contributed by atoms with Crippen molar-refractivity contribution >= 4 is 10.8 Å². The summed E-state index contributed by atoms with van der Waals surface area (Å²) in [7, 11) is -1.03. The zero-order valence-electron chi connectivity index (χ0n) is 10.9. The van der Waals surface area contributed by atoms with Gasteiger partial charge < -0.3 is 4.90 Å². The number of aryl methyl sites for hydroxylation is 1. The van der Waals surface area contributed by atoms with E-state index in [0.717, 1.165) is 29.2 Å². The summed E-state index contributed by atoms with van der Waals surface area (Å²) in [6.45, 7) is 5.16. The van der Waals surface area contributed by atoms with Crippen LogP contribution < -0.4 is 0 Å². The highest BCUT2D eigenvalue weighted by Gasteiger charge is 2.13. The third kappa shape index (κ3) is 3.10. The van der Waals surface area contributed by atoms with Gasteiger partial charge in [-0.15, -0.1) is 0 Å². The fourth-order valence-corrected chi connectivity index (χ4v) is 3.08. The second-order valence-electron chi connectivity index (χ2n) is 4.50. The van der Waals surface area contributed by atoms with Gasteiger partial charge in [-0.3, -0.25) is 0 Å². The molecule has 1 aromatic carbocycles. The van der Waals surface area contributed by atoms with Crippen molar-refractivity contribution in [3.05, 3.63) is 53.2 Å². The molecule has 0 spiro atoms. The Bertz CT molecular complexity index is 488. The third-order valence-electron chi connectivity index (χ3n) is 2.88. The topological polar surface area (TPSA) is 20.3 Å². The molecule has 0 unspecified atom stereocenters. The molecule has 18 heavy (non-hydrogen) atoms. The number of hydrogen-bond donors (Lipinski definition) is 0. The molecular weight excluding hydrogens is 242 g/mol. The lowest BCUT2D eigenvalue weighted by molar-refractivity contribution is 0.492. The molecular formula is C15H19NOS. The Morgan fingerprint density at radius 2 is 2.00 bits per heavy atom. The second-order valence-corrected chi connectivity index (χ2v) is 6.04. The minimum Gasteiger partial charge on any atom is -0.354 e. The minimum atomic E-state index is -1.03. The van der Waals surface area contributed by atoms with Gasteiger partial charge in [-0.2, -0.15) is 0 Å². The lowest BCUT2D eigenvalue weighted by Crippen LogP contribution is -2.15. The van der Waals surface area contributed by atoms with Crippen molar-refractivity contribution in [1.29, 1.82) is 0 Å². The largest absolute Gasteiger partial charge is 0.354 e. The average Bonchev–Trinajstić information content (AvgIpc) is 2.39. The fraction of sp³-hybridized carbons (Fsp3) is 0.333. The SMILES string of the molecule is CCCN1C=CCC([S@@](=O)c2ccc(C)cc2)=C1. The summed E-state index contributed by atoms with van der Waals surface area (Å²) >= 11 is 0. The van der Waals surface area contributed by atoms with Crippen LogP contribution in [0, 0.1) is 6.92 Å². The number of allylic oxidation sites excluding steroid dienone is 2. The predicted molar refractivity (Wildman–Crippen MR) is 76.4 cm³/mol. The van der Waals surface area contributed by atoms with E-state index in [2.05, 4.69) is 24.1 Å². The van der Waals surface area contributed by atoms with Gasteiger partial charge in [0.15, 0.2) is 0 Å². The van der Waals surface area contributed by atoms with E-state index in [-0.39, 0.29) is 0 Å². The van der Waals surface area contributed by atoms with Crippen LogP contribution in [0.3, 0.4) is 0 Å². The Morgan fingerprint density at radius 3 is 2.67 bits per heavy atom. The lowest BCUT2D eigenvalue weighted by Gasteiger charge is -2.20. The molecule has 1 heterocycles. The Balaban J connectivity index is 2.16. The zero-order chi connectivity index (χ0) is 13.0. The Labute approximate surface area is 111 Å². The number of hydrogen-bond acceptors (Lipinski definition) is 2. The summed E-state index contributed by atoms with van der Waals surface area (Å²) in [5, 5.41) is 0. The Hall–Kier alpha value is -1.35. The summed E-state index contributed by atoms with van der Waals surface area (Å²) in [5.41, 5.74) is 1.20. The summed E-state index contributed by atoms with van der Waals surface area (Å²) in [5.74, 6) is 0. The first-order valence-corrected chi connectivity index (χ1v) is 7.47. The van der Waals surface area contributed by atoms with Gasteiger partial charge in [0.05, 0.1) is 10.8 Å². The van der Waals surface area contributed by atoms with E-state index in [0.29, 0.717) is 0 Å². The van der Waals surface area contributed by atoms with Gasteiger partial charge in [0.1, 0.15) is 0 Å². The molecule has 0 fully saturated rings. The molecule has 1 aromatic rings. The van der Waals surface area contributed by atoms with E-state index < -0.39 is 10.8 Å². The van der Waals surface area contributed by atoms with Crippen LogP contribution in [0.25, 0.3) is 0 Å². The average molecular weight is 261 g/mol. The molecule has 1 aliphatic heterocycles. The Kier molecular flexibility index (Phi) is 4.37. The van der Waals surface area contributed by atoms with Gasteiger partial charge in [-0.05, 0) is 31.7 Å². The molecule has 0 saturated heterocycles. The molecule has 0 saturated carbocycles. The monoisotopic (exact) mass is 261 g/mol. The van der Waals surface area contributed by atoms with Gasteiger partial charge in [0, 0.05) is 29.0 Å². The van der Waals surface area contributed by atoms with Crippen LogP contribution in [-0.2, 0) is 10.8 Å². The number of nitrogens with zero attached hydrogens (tertiary/aromatic N) is 1. The molecule has 2 nitrogen and oxygen atoms in total. The summed E-state index contributed by atoms with van der Waals surface area (Å²) < 4.78 is 12.4. The molecule has 1 aliphatic rings. The van der Waals surface area contributed by atoms with Crippen LogP contribution in [-0.4, -0.2) is 15.7 Å². The van der Waals surface area contributed by atoms with Gasteiger partial charge in [-0.1, -0.05) is 30.7 Å². The maximum atomic E-state index is 12.4. The van der Waals surface area contributed by atoms with E-state index in [9.17, 15) is 4.21 Å². The molecule has 0 radical (unpaired) electrons. The van der Waals surface area contributed by atoms with Crippen molar-refractivity contribution in [3.8, 4) is 0 Å². The van der Waals surface area contributed by atoms with E-state index >= 15 is 0 Å². The van der Waals surface area contributed by atoms with Crippen LogP contribution in [0.4, 0.5) is 0 Å². The number of rotatable bonds is 4. The lowest BCUT2D eigenvalue weighted by atomic mass is 10.2. The van der Waals surface area contributed by atoms with E-state index in [1.54, 1.807) is 0 Å². The molecule has 0 amide bonds. The van der Waals surface area contributed by atoms with E-state index in [1.807, 2.05) is 37.4 Å².